The number of rotatable bonds is 5. The lowest BCUT2D eigenvalue weighted by atomic mass is 9.86. The molecule has 18 heavy (non-hydrogen) atoms. The molecule has 0 aromatic rings. The van der Waals surface area contributed by atoms with Crippen LogP contribution in [0.3, 0.4) is 0 Å². The third-order valence-electron chi connectivity index (χ3n) is 2.39. The molecule has 0 spiro atoms. The molecule has 0 heterocycles. The summed E-state index contributed by atoms with van der Waals surface area (Å²) >= 11 is 0. The number of carboxylic acids is 2. The highest BCUT2D eigenvalue weighted by Gasteiger charge is 2.22. The average molecular weight is 254 g/mol. The van der Waals surface area contributed by atoms with Gasteiger partial charge in [-0.1, -0.05) is 46.8 Å². The van der Waals surface area contributed by atoms with Crippen molar-refractivity contribution in [2.24, 2.45) is 11.3 Å². The number of carboxylic acid groups (broad SMARTS) is 2. The Labute approximate surface area is 108 Å². The summed E-state index contributed by atoms with van der Waals surface area (Å²) in [6, 6.07) is 0. The van der Waals surface area contributed by atoms with Crippen LogP contribution in [-0.4, -0.2) is 22.2 Å². The molecule has 4 nitrogen and oxygen atoms in total. The molecule has 0 saturated carbocycles. The van der Waals surface area contributed by atoms with Crippen molar-refractivity contribution in [2.45, 2.75) is 41.0 Å². The molecule has 0 fully saturated rings. The fraction of sp³-hybridized carbons (Fsp3) is 0.571. The molecular formula is C14H22O4. The predicted molar refractivity (Wildman–Crippen MR) is 70.3 cm³/mol. The van der Waals surface area contributed by atoms with Gasteiger partial charge >= 0.3 is 11.9 Å². The van der Waals surface area contributed by atoms with E-state index in [4.69, 9.17) is 10.2 Å². The van der Waals surface area contributed by atoms with E-state index in [0.29, 0.717) is 6.42 Å². The van der Waals surface area contributed by atoms with E-state index < -0.39 is 17.4 Å². The number of allylic oxidation sites excluding steroid dienone is 2. The van der Waals surface area contributed by atoms with E-state index in [1.165, 1.54) is 12.2 Å². The van der Waals surface area contributed by atoms with Gasteiger partial charge in [-0.15, -0.1) is 0 Å². The molecule has 0 atom stereocenters. The van der Waals surface area contributed by atoms with Gasteiger partial charge in [0.05, 0.1) is 0 Å². The van der Waals surface area contributed by atoms with Crippen molar-refractivity contribution >= 4 is 11.9 Å². The number of hydrogen-bond donors (Lipinski definition) is 2. The Balaban J connectivity index is 5.34. The highest BCUT2D eigenvalue weighted by atomic mass is 16.4. The first kappa shape index (κ1) is 16.4. The maximum atomic E-state index is 11.1. The average Bonchev–Trinajstić information content (AvgIpc) is 2.12. The van der Waals surface area contributed by atoms with Crippen molar-refractivity contribution in [3.63, 3.8) is 0 Å². The first-order valence-corrected chi connectivity index (χ1v) is 5.93. The van der Waals surface area contributed by atoms with Crippen LogP contribution in [0.25, 0.3) is 0 Å². The van der Waals surface area contributed by atoms with Gasteiger partial charge < -0.3 is 10.2 Å². The van der Waals surface area contributed by atoms with Gasteiger partial charge in [-0.2, -0.15) is 0 Å². The van der Waals surface area contributed by atoms with Gasteiger partial charge in [-0.3, -0.25) is 0 Å². The first-order valence-electron chi connectivity index (χ1n) is 5.93. The Hall–Kier alpha value is -1.58. The predicted octanol–water partition coefficient (Wildman–Crippen LogP) is 3.10. The maximum Gasteiger partial charge on any atom is 0.332 e. The van der Waals surface area contributed by atoms with Crippen molar-refractivity contribution in [3.8, 4) is 0 Å². The molecule has 0 unspecified atom stereocenters. The molecular weight excluding hydrogens is 232 g/mol. The minimum Gasteiger partial charge on any atom is -0.478 e. The van der Waals surface area contributed by atoms with Crippen molar-refractivity contribution < 1.29 is 19.8 Å². The van der Waals surface area contributed by atoms with Crippen molar-refractivity contribution in [3.05, 3.63) is 23.3 Å². The number of aliphatic carboxylic acids is 2. The zero-order valence-electron chi connectivity index (χ0n) is 11.7. The molecule has 0 rings (SSSR count). The van der Waals surface area contributed by atoms with Crippen molar-refractivity contribution in [1.82, 2.24) is 0 Å². The van der Waals surface area contributed by atoms with Crippen LogP contribution in [0.4, 0.5) is 0 Å². The van der Waals surface area contributed by atoms with Crippen LogP contribution in [0.15, 0.2) is 23.3 Å². The lowest BCUT2D eigenvalue weighted by Crippen LogP contribution is -2.17. The molecule has 2 N–H and O–H groups in total. The van der Waals surface area contributed by atoms with E-state index in [2.05, 4.69) is 0 Å². The van der Waals surface area contributed by atoms with Gasteiger partial charge in [0.25, 0.3) is 0 Å². The summed E-state index contributed by atoms with van der Waals surface area (Å²) in [5, 5.41) is 18.1. The molecule has 0 saturated heterocycles. The molecule has 4 heteroatoms. The van der Waals surface area contributed by atoms with Gasteiger partial charge in [0, 0.05) is 11.1 Å². The Morgan fingerprint density at radius 2 is 1.56 bits per heavy atom. The molecule has 102 valence electrons. The van der Waals surface area contributed by atoms with Gasteiger partial charge in [0.2, 0.25) is 0 Å². The van der Waals surface area contributed by atoms with Gasteiger partial charge in [-0.05, 0) is 17.8 Å². The summed E-state index contributed by atoms with van der Waals surface area (Å²) in [7, 11) is 0. The largest absolute Gasteiger partial charge is 0.478 e. The minimum absolute atomic E-state index is 0.199. The third-order valence-corrected chi connectivity index (χ3v) is 2.39. The number of carbonyl (C=O) groups is 2. The van der Waals surface area contributed by atoms with Crippen LogP contribution >= 0.6 is 0 Å². The van der Waals surface area contributed by atoms with Gasteiger partial charge in [0.1, 0.15) is 0 Å². The molecule has 0 aliphatic heterocycles. The second-order valence-corrected chi connectivity index (χ2v) is 5.73. The molecule has 0 aliphatic rings. The maximum absolute atomic E-state index is 11.1. The monoisotopic (exact) mass is 254 g/mol. The number of hydrogen-bond acceptors (Lipinski definition) is 2. The van der Waals surface area contributed by atoms with Crippen LogP contribution < -0.4 is 0 Å². The fourth-order valence-corrected chi connectivity index (χ4v) is 1.49. The Morgan fingerprint density at radius 1 is 1.06 bits per heavy atom. The smallest absolute Gasteiger partial charge is 0.332 e. The molecule has 0 radical (unpaired) electrons. The first-order chi connectivity index (χ1) is 8.05. The van der Waals surface area contributed by atoms with Crippen LogP contribution in [0, 0.1) is 11.3 Å². The molecule has 0 aliphatic carbocycles. The molecule has 0 aromatic heterocycles. The molecule has 0 aromatic carbocycles. The minimum atomic E-state index is -1.02. The van der Waals surface area contributed by atoms with E-state index in [0.717, 1.165) is 0 Å². The fourth-order valence-electron chi connectivity index (χ4n) is 1.49. The van der Waals surface area contributed by atoms with Crippen LogP contribution in [0.5, 0.6) is 0 Å². The summed E-state index contributed by atoms with van der Waals surface area (Å²) in [6.07, 6.45) is 3.22. The zero-order chi connectivity index (χ0) is 14.5. The SMILES string of the molecule is CC(C)CC(=CC=C(C(=O)O)C(C)(C)C)C(=O)O. The highest BCUT2D eigenvalue weighted by molar-refractivity contribution is 5.90. The van der Waals surface area contributed by atoms with E-state index >= 15 is 0 Å². The highest BCUT2D eigenvalue weighted by Crippen LogP contribution is 2.25. The Kier molecular flexibility index (Phi) is 5.82. The molecule has 0 bridgehead atoms. The zero-order valence-corrected chi connectivity index (χ0v) is 11.7. The van der Waals surface area contributed by atoms with Crippen molar-refractivity contribution in [2.75, 3.05) is 0 Å². The second-order valence-electron chi connectivity index (χ2n) is 5.73. The standard InChI is InChI=1S/C14H22O4/c1-9(2)8-10(12(15)16)6-7-11(13(17)18)14(3,4)5/h6-7,9H,8H2,1-5H3,(H,15,16)(H,17,18). The van der Waals surface area contributed by atoms with Crippen LogP contribution in [0.2, 0.25) is 0 Å². The topological polar surface area (TPSA) is 74.6 Å². The molecule has 0 amide bonds. The van der Waals surface area contributed by atoms with Crippen LogP contribution in [-0.2, 0) is 9.59 Å². The van der Waals surface area contributed by atoms with Crippen molar-refractivity contribution in [1.29, 1.82) is 0 Å². The summed E-state index contributed by atoms with van der Waals surface area (Å²) in [5.74, 6) is -1.81. The summed E-state index contributed by atoms with van der Waals surface area (Å²) in [6.45, 7) is 9.18. The normalized spacial score (nSPS) is 13.9. The lowest BCUT2D eigenvalue weighted by Gasteiger charge is -2.18. The van der Waals surface area contributed by atoms with E-state index in [-0.39, 0.29) is 17.1 Å². The van der Waals surface area contributed by atoms with Gasteiger partial charge in [-0.25, -0.2) is 9.59 Å². The lowest BCUT2D eigenvalue weighted by molar-refractivity contribution is -0.134. The summed E-state index contributed by atoms with van der Waals surface area (Å²) < 4.78 is 0. The quantitative estimate of drug-likeness (QED) is 0.584. The van der Waals surface area contributed by atoms with Gasteiger partial charge in [0.15, 0.2) is 0 Å². The van der Waals surface area contributed by atoms with E-state index in [1.54, 1.807) is 20.8 Å². The third kappa shape index (κ3) is 5.66. The Bertz CT molecular complexity index is 381. The summed E-state index contributed by atoms with van der Waals surface area (Å²) in [5.41, 5.74) is -0.0953. The summed E-state index contributed by atoms with van der Waals surface area (Å²) in [4.78, 5) is 22.1. The van der Waals surface area contributed by atoms with Crippen LogP contribution in [0.1, 0.15) is 41.0 Å². The second kappa shape index (κ2) is 6.38. The van der Waals surface area contributed by atoms with E-state index in [9.17, 15) is 9.59 Å². The van der Waals surface area contributed by atoms with E-state index in [1.807, 2.05) is 13.8 Å². The Morgan fingerprint density at radius 3 is 1.83 bits per heavy atom.